The number of rotatable bonds is 4. The number of halogens is 1. The second kappa shape index (κ2) is 5.89. The van der Waals surface area contributed by atoms with Gasteiger partial charge in [0.05, 0.1) is 12.6 Å². The van der Waals surface area contributed by atoms with Crippen LogP contribution in [0.3, 0.4) is 0 Å². The molecule has 0 fully saturated rings. The summed E-state index contributed by atoms with van der Waals surface area (Å²) >= 11 is 6.01. The fourth-order valence-corrected chi connectivity index (χ4v) is 2.17. The number of carbonyl (C=O) groups excluding carboxylic acids is 1. The Balaban J connectivity index is 2.36. The quantitative estimate of drug-likeness (QED) is 0.875. The van der Waals surface area contributed by atoms with Crippen molar-refractivity contribution in [2.24, 2.45) is 0 Å². The lowest BCUT2D eigenvalue weighted by Crippen LogP contribution is -2.22. The van der Waals surface area contributed by atoms with Gasteiger partial charge in [0.15, 0.2) is 0 Å². The van der Waals surface area contributed by atoms with Crippen LogP contribution in [0.2, 0.25) is 5.15 Å². The first-order chi connectivity index (χ1) is 9.10. The van der Waals surface area contributed by atoms with E-state index in [0.717, 1.165) is 22.2 Å². The number of aromatic nitrogens is 1. The number of benzene rings is 1. The average Bonchev–Trinajstić information content (AvgIpc) is 2.37. The summed E-state index contributed by atoms with van der Waals surface area (Å²) in [6.07, 6.45) is 0.700. The normalized spacial score (nSPS) is 10.5. The molecular weight excluding hydrogens is 264 g/mol. The Morgan fingerprint density at radius 3 is 2.89 bits per heavy atom. The van der Waals surface area contributed by atoms with Crippen molar-refractivity contribution in [1.29, 1.82) is 0 Å². The van der Waals surface area contributed by atoms with Crippen LogP contribution in [-0.4, -0.2) is 24.5 Å². The molecule has 0 saturated heterocycles. The van der Waals surface area contributed by atoms with Crippen LogP contribution in [0.25, 0.3) is 10.9 Å². The average molecular weight is 279 g/mol. The molecule has 0 aliphatic heterocycles. The Bertz CT molecular complexity index is 614. The van der Waals surface area contributed by atoms with Crippen molar-refractivity contribution < 1.29 is 9.53 Å². The summed E-state index contributed by atoms with van der Waals surface area (Å²) in [5, 5.41) is 4.22. The number of fused-ring (bicyclic) bond motifs is 1. The van der Waals surface area contributed by atoms with E-state index in [1.54, 1.807) is 7.11 Å². The van der Waals surface area contributed by atoms with Crippen molar-refractivity contribution in [3.8, 4) is 5.75 Å². The maximum Gasteiger partial charge on any atom is 0.216 e. The van der Waals surface area contributed by atoms with Gasteiger partial charge in [-0.25, -0.2) is 4.98 Å². The summed E-state index contributed by atoms with van der Waals surface area (Å²) in [5.41, 5.74) is 1.87. The number of methoxy groups -OCH3 is 1. The zero-order valence-corrected chi connectivity index (χ0v) is 11.6. The molecule has 0 atom stereocenters. The van der Waals surface area contributed by atoms with Gasteiger partial charge < -0.3 is 10.1 Å². The second-order valence-corrected chi connectivity index (χ2v) is 4.61. The number of hydrogen-bond acceptors (Lipinski definition) is 3. The van der Waals surface area contributed by atoms with Gasteiger partial charge in [0.25, 0.3) is 0 Å². The summed E-state index contributed by atoms with van der Waals surface area (Å²) in [4.78, 5) is 15.2. The van der Waals surface area contributed by atoms with E-state index in [2.05, 4.69) is 10.3 Å². The number of nitrogens with one attached hydrogen (secondary N) is 1. The molecule has 4 nitrogen and oxygen atoms in total. The van der Waals surface area contributed by atoms with E-state index in [-0.39, 0.29) is 5.91 Å². The predicted octanol–water partition coefficient (Wildman–Crippen LogP) is 2.58. The van der Waals surface area contributed by atoms with Gasteiger partial charge in [-0.15, -0.1) is 0 Å². The predicted molar refractivity (Wildman–Crippen MR) is 75.7 cm³/mol. The van der Waals surface area contributed by atoms with E-state index < -0.39 is 0 Å². The molecular formula is C14H15ClN2O2. The van der Waals surface area contributed by atoms with Crippen LogP contribution in [0, 0.1) is 0 Å². The van der Waals surface area contributed by atoms with Crippen molar-refractivity contribution in [2.45, 2.75) is 13.3 Å². The third kappa shape index (κ3) is 3.35. The highest BCUT2D eigenvalue weighted by Crippen LogP contribution is 2.25. The molecule has 1 amide bonds. The smallest absolute Gasteiger partial charge is 0.216 e. The van der Waals surface area contributed by atoms with Gasteiger partial charge in [-0.05, 0) is 36.2 Å². The summed E-state index contributed by atoms with van der Waals surface area (Å²) in [5.74, 6) is 0.736. The number of nitrogens with zero attached hydrogens (tertiary/aromatic N) is 1. The first-order valence-electron chi connectivity index (χ1n) is 5.98. The topological polar surface area (TPSA) is 51.2 Å². The van der Waals surface area contributed by atoms with Gasteiger partial charge in [0.2, 0.25) is 5.91 Å². The Kier molecular flexibility index (Phi) is 4.22. The minimum Gasteiger partial charge on any atom is -0.497 e. The third-order valence-electron chi connectivity index (χ3n) is 2.84. The minimum atomic E-state index is -0.0398. The lowest BCUT2D eigenvalue weighted by molar-refractivity contribution is -0.118. The van der Waals surface area contributed by atoms with Crippen molar-refractivity contribution in [3.63, 3.8) is 0 Å². The summed E-state index contributed by atoms with van der Waals surface area (Å²) in [6.45, 7) is 2.07. The van der Waals surface area contributed by atoms with Gasteiger partial charge in [-0.2, -0.15) is 0 Å². The van der Waals surface area contributed by atoms with E-state index >= 15 is 0 Å². The van der Waals surface area contributed by atoms with E-state index in [4.69, 9.17) is 16.3 Å². The molecule has 0 spiro atoms. The van der Waals surface area contributed by atoms with Crippen molar-refractivity contribution >= 4 is 28.4 Å². The summed E-state index contributed by atoms with van der Waals surface area (Å²) in [7, 11) is 1.63. The van der Waals surface area contributed by atoms with Gasteiger partial charge >= 0.3 is 0 Å². The van der Waals surface area contributed by atoms with Crippen LogP contribution >= 0.6 is 11.6 Å². The van der Waals surface area contributed by atoms with Gasteiger partial charge in [-0.1, -0.05) is 11.6 Å². The first kappa shape index (κ1) is 13.6. The van der Waals surface area contributed by atoms with E-state index in [9.17, 15) is 4.79 Å². The van der Waals surface area contributed by atoms with Crippen molar-refractivity contribution in [2.75, 3.05) is 13.7 Å². The van der Waals surface area contributed by atoms with E-state index in [1.807, 2.05) is 24.3 Å². The highest BCUT2D eigenvalue weighted by Gasteiger charge is 2.06. The van der Waals surface area contributed by atoms with Crippen LogP contribution in [0.15, 0.2) is 24.3 Å². The molecule has 0 radical (unpaired) electrons. The number of pyridine rings is 1. The largest absolute Gasteiger partial charge is 0.497 e. The standard InChI is InChI=1S/C14H15ClN2O2/c1-9(18)16-6-5-10-7-14(15)17-13-4-3-11(19-2)8-12(10)13/h3-4,7-8H,5-6H2,1-2H3,(H,16,18). The van der Waals surface area contributed by atoms with Crippen LogP contribution in [-0.2, 0) is 11.2 Å². The number of hydrogen-bond donors (Lipinski definition) is 1. The van der Waals surface area contributed by atoms with Crippen molar-refractivity contribution in [3.05, 3.63) is 35.0 Å². The fraction of sp³-hybridized carbons (Fsp3) is 0.286. The molecule has 100 valence electrons. The Labute approximate surface area is 116 Å². The molecule has 0 aliphatic rings. The number of ether oxygens (including phenoxy) is 1. The van der Waals surface area contributed by atoms with Crippen LogP contribution in [0.4, 0.5) is 0 Å². The third-order valence-corrected chi connectivity index (χ3v) is 3.03. The Hall–Kier alpha value is -1.81. The molecule has 2 rings (SSSR count). The number of carbonyl (C=O) groups is 1. The van der Waals surface area contributed by atoms with Gasteiger partial charge in [0, 0.05) is 18.9 Å². The molecule has 5 heteroatoms. The lowest BCUT2D eigenvalue weighted by atomic mass is 10.1. The Morgan fingerprint density at radius 2 is 2.21 bits per heavy atom. The second-order valence-electron chi connectivity index (χ2n) is 4.22. The highest BCUT2D eigenvalue weighted by atomic mass is 35.5. The van der Waals surface area contributed by atoms with E-state index in [1.165, 1.54) is 6.92 Å². The molecule has 0 aliphatic carbocycles. The molecule has 1 aromatic heterocycles. The first-order valence-corrected chi connectivity index (χ1v) is 6.35. The molecule has 0 bridgehead atoms. The minimum absolute atomic E-state index is 0.0398. The molecule has 0 saturated carbocycles. The monoisotopic (exact) mass is 278 g/mol. The molecule has 1 aromatic carbocycles. The zero-order valence-electron chi connectivity index (χ0n) is 10.9. The lowest BCUT2D eigenvalue weighted by Gasteiger charge is -2.09. The molecule has 1 N–H and O–H groups in total. The molecule has 1 heterocycles. The zero-order chi connectivity index (χ0) is 13.8. The molecule has 0 unspecified atom stereocenters. The summed E-state index contributed by atoms with van der Waals surface area (Å²) in [6, 6.07) is 7.48. The van der Waals surface area contributed by atoms with Gasteiger partial charge in [-0.3, -0.25) is 4.79 Å². The van der Waals surface area contributed by atoms with Crippen LogP contribution in [0.5, 0.6) is 5.75 Å². The van der Waals surface area contributed by atoms with Gasteiger partial charge in [0.1, 0.15) is 10.9 Å². The van der Waals surface area contributed by atoms with E-state index in [0.29, 0.717) is 18.1 Å². The number of amides is 1. The van der Waals surface area contributed by atoms with Crippen molar-refractivity contribution in [1.82, 2.24) is 10.3 Å². The maximum atomic E-state index is 10.9. The maximum absolute atomic E-state index is 10.9. The fourth-order valence-electron chi connectivity index (χ4n) is 1.95. The highest BCUT2D eigenvalue weighted by molar-refractivity contribution is 6.29. The summed E-state index contributed by atoms with van der Waals surface area (Å²) < 4.78 is 5.22. The molecule has 19 heavy (non-hydrogen) atoms. The SMILES string of the molecule is COc1ccc2nc(Cl)cc(CCNC(C)=O)c2c1. The Morgan fingerprint density at radius 1 is 1.42 bits per heavy atom. The van der Waals surface area contributed by atoms with Crippen LogP contribution in [0.1, 0.15) is 12.5 Å². The molecule has 2 aromatic rings. The van der Waals surface area contributed by atoms with Crippen LogP contribution < -0.4 is 10.1 Å².